The van der Waals surface area contributed by atoms with Crippen LogP contribution in [0.3, 0.4) is 0 Å². The Kier molecular flexibility index (Phi) is 2.75. The van der Waals surface area contributed by atoms with Crippen LogP contribution in [0.5, 0.6) is 5.75 Å². The van der Waals surface area contributed by atoms with Crippen molar-refractivity contribution >= 4 is 0 Å². The summed E-state index contributed by atoms with van der Waals surface area (Å²) in [5, 5.41) is 0. The topological polar surface area (TPSA) is 22.1 Å². The van der Waals surface area contributed by atoms with Gasteiger partial charge in [0.05, 0.1) is 0 Å². The van der Waals surface area contributed by atoms with E-state index in [0.717, 1.165) is 0 Å². The minimum atomic E-state index is -4.30. The normalized spacial score (nSPS) is 11.4. The third kappa shape index (κ3) is 3.31. The standard InChI is InChI=1S/C8H8F3NO/c1-6-4-12-3-2-7(6)13-5-8(9,10)11/h2-4H,5H2,1H3. The molecule has 0 spiro atoms. The van der Waals surface area contributed by atoms with Crippen molar-refractivity contribution in [2.24, 2.45) is 0 Å². The highest BCUT2D eigenvalue weighted by atomic mass is 19.4. The first kappa shape index (κ1) is 9.83. The maximum Gasteiger partial charge on any atom is 0.422 e. The molecule has 2 nitrogen and oxygen atoms in total. The summed E-state index contributed by atoms with van der Waals surface area (Å²) in [6.07, 6.45) is -1.46. The molecule has 0 fully saturated rings. The Bertz CT molecular complexity index is 285. The van der Waals surface area contributed by atoms with Crippen molar-refractivity contribution < 1.29 is 17.9 Å². The molecule has 0 bridgehead atoms. The van der Waals surface area contributed by atoms with Gasteiger partial charge in [-0.2, -0.15) is 13.2 Å². The monoisotopic (exact) mass is 191 g/mol. The van der Waals surface area contributed by atoms with Gasteiger partial charge in [-0.15, -0.1) is 0 Å². The van der Waals surface area contributed by atoms with Crippen molar-refractivity contribution in [3.63, 3.8) is 0 Å². The van der Waals surface area contributed by atoms with Crippen molar-refractivity contribution in [1.29, 1.82) is 0 Å². The molecule has 13 heavy (non-hydrogen) atoms. The maximum absolute atomic E-state index is 11.7. The predicted molar refractivity (Wildman–Crippen MR) is 40.5 cm³/mol. The molecule has 5 heteroatoms. The van der Waals surface area contributed by atoms with Crippen LogP contribution in [0.25, 0.3) is 0 Å². The van der Waals surface area contributed by atoms with Crippen LogP contribution in [-0.4, -0.2) is 17.8 Å². The molecule has 0 aliphatic heterocycles. The first-order valence-electron chi connectivity index (χ1n) is 3.59. The molecule has 0 saturated carbocycles. The number of pyridine rings is 1. The van der Waals surface area contributed by atoms with Crippen molar-refractivity contribution in [1.82, 2.24) is 4.98 Å². The van der Waals surface area contributed by atoms with Gasteiger partial charge in [-0.1, -0.05) is 0 Å². The number of hydrogen-bond donors (Lipinski definition) is 0. The average Bonchev–Trinajstić information content (AvgIpc) is 2.01. The van der Waals surface area contributed by atoms with Gasteiger partial charge in [-0.3, -0.25) is 4.98 Å². The highest BCUT2D eigenvalue weighted by Gasteiger charge is 2.28. The van der Waals surface area contributed by atoms with Crippen molar-refractivity contribution in [2.45, 2.75) is 13.1 Å². The highest BCUT2D eigenvalue weighted by molar-refractivity contribution is 5.28. The molecule has 0 radical (unpaired) electrons. The minimum absolute atomic E-state index is 0.215. The van der Waals surface area contributed by atoms with Gasteiger partial charge in [0.25, 0.3) is 0 Å². The zero-order valence-corrected chi connectivity index (χ0v) is 6.93. The van der Waals surface area contributed by atoms with E-state index in [1.165, 1.54) is 18.5 Å². The van der Waals surface area contributed by atoms with Crippen LogP contribution in [0.2, 0.25) is 0 Å². The summed E-state index contributed by atoms with van der Waals surface area (Å²) in [6.45, 7) is 0.372. The van der Waals surface area contributed by atoms with Gasteiger partial charge in [0.2, 0.25) is 0 Å². The summed E-state index contributed by atoms with van der Waals surface area (Å²) in [7, 11) is 0. The fourth-order valence-corrected chi connectivity index (χ4v) is 0.782. The van der Waals surface area contributed by atoms with E-state index in [0.29, 0.717) is 5.56 Å². The van der Waals surface area contributed by atoms with Crippen LogP contribution in [0.4, 0.5) is 13.2 Å². The van der Waals surface area contributed by atoms with E-state index in [-0.39, 0.29) is 5.75 Å². The fraction of sp³-hybridized carbons (Fsp3) is 0.375. The molecule has 0 atom stereocenters. The summed E-state index contributed by atoms with van der Waals surface area (Å²) in [5.74, 6) is 0.215. The molecule has 1 aromatic heterocycles. The van der Waals surface area contributed by atoms with Gasteiger partial charge in [-0.05, 0) is 13.0 Å². The van der Waals surface area contributed by atoms with Crippen molar-refractivity contribution in [3.05, 3.63) is 24.0 Å². The van der Waals surface area contributed by atoms with Gasteiger partial charge in [-0.25, -0.2) is 0 Å². The predicted octanol–water partition coefficient (Wildman–Crippen LogP) is 2.33. The lowest BCUT2D eigenvalue weighted by Crippen LogP contribution is -2.19. The van der Waals surface area contributed by atoms with E-state index in [1.54, 1.807) is 6.92 Å². The molecule has 0 saturated heterocycles. The molecule has 0 amide bonds. The molecular weight excluding hydrogens is 183 g/mol. The Balaban J connectivity index is 2.60. The Hall–Kier alpha value is -1.26. The number of ether oxygens (including phenoxy) is 1. The summed E-state index contributed by atoms with van der Waals surface area (Å²) >= 11 is 0. The lowest BCUT2D eigenvalue weighted by Gasteiger charge is -2.10. The molecule has 1 heterocycles. The Labute approximate surface area is 73.4 Å². The number of aromatic nitrogens is 1. The number of nitrogens with zero attached hydrogens (tertiary/aromatic N) is 1. The first-order valence-corrected chi connectivity index (χ1v) is 3.59. The van der Waals surface area contributed by atoms with Crippen LogP contribution in [-0.2, 0) is 0 Å². The Morgan fingerprint density at radius 2 is 2.15 bits per heavy atom. The van der Waals surface area contributed by atoms with Gasteiger partial charge < -0.3 is 4.74 Å². The van der Waals surface area contributed by atoms with E-state index < -0.39 is 12.8 Å². The van der Waals surface area contributed by atoms with Gasteiger partial charge in [0.1, 0.15) is 5.75 Å². The van der Waals surface area contributed by atoms with E-state index in [9.17, 15) is 13.2 Å². The van der Waals surface area contributed by atoms with Crippen molar-refractivity contribution in [3.8, 4) is 5.75 Å². The summed E-state index contributed by atoms with van der Waals surface area (Å²) in [6, 6.07) is 1.40. The van der Waals surface area contributed by atoms with Crippen LogP contribution in [0.15, 0.2) is 18.5 Å². The molecule has 0 N–H and O–H groups in total. The van der Waals surface area contributed by atoms with E-state index in [2.05, 4.69) is 9.72 Å². The van der Waals surface area contributed by atoms with E-state index >= 15 is 0 Å². The summed E-state index contributed by atoms with van der Waals surface area (Å²) in [4.78, 5) is 3.73. The van der Waals surface area contributed by atoms with Crippen LogP contribution < -0.4 is 4.74 Å². The SMILES string of the molecule is Cc1cnccc1OCC(F)(F)F. The molecule has 0 aliphatic rings. The van der Waals surface area contributed by atoms with Crippen molar-refractivity contribution in [2.75, 3.05) is 6.61 Å². The second-order valence-corrected chi connectivity index (χ2v) is 2.55. The lowest BCUT2D eigenvalue weighted by molar-refractivity contribution is -0.153. The maximum atomic E-state index is 11.7. The fourth-order valence-electron chi connectivity index (χ4n) is 0.782. The molecule has 0 aliphatic carbocycles. The molecule has 1 aromatic rings. The van der Waals surface area contributed by atoms with Gasteiger partial charge >= 0.3 is 6.18 Å². The second kappa shape index (κ2) is 3.64. The van der Waals surface area contributed by atoms with Crippen LogP contribution >= 0.6 is 0 Å². The van der Waals surface area contributed by atoms with E-state index in [1.807, 2.05) is 0 Å². The van der Waals surface area contributed by atoms with Gasteiger partial charge in [0, 0.05) is 18.0 Å². The molecule has 0 unspecified atom stereocenters. The Morgan fingerprint density at radius 1 is 1.46 bits per heavy atom. The summed E-state index contributed by atoms with van der Waals surface area (Å²) < 4.78 is 39.7. The lowest BCUT2D eigenvalue weighted by atomic mass is 10.3. The largest absolute Gasteiger partial charge is 0.484 e. The number of alkyl halides is 3. The quantitative estimate of drug-likeness (QED) is 0.715. The van der Waals surface area contributed by atoms with E-state index in [4.69, 9.17) is 0 Å². The zero-order valence-electron chi connectivity index (χ0n) is 6.93. The number of hydrogen-bond acceptors (Lipinski definition) is 2. The third-order valence-electron chi connectivity index (χ3n) is 1.36. The summed E-state index contributed by atoms with van der Waals surface area (Å²) in [5.41, 5.74) is 0.590. The minimum Gasteiger partial charge on any atom is -0.484 e. The number of halogens is 3. The zero-order chi connectivity index (χ0) is 9.90. The highest BCUT2D eigenvalue weighted by Crippen LogP contribution is 2.20. The molecular formula is C8H8F3NO. The third-order valence-corrected chi connectivity index (χ3v) is 1.36. The van der Waals surface area contributed by atoms with Gasteiger partial charge in [0.15, 0.2) is 6.61 Å². The number of rotatable bonds is 2. The second-order valence-electron chi connectivity index (χ2n) is 2.55. The Morgan fingerprint density at radius 3 is 2.69 bits per heavy atom. The van der Waals surface area contributed by atoms with Crippen LogP contribution in [0.1, 0.15) is 5.56 Å². The number of aryl methyl sites for hydroxylation is 1. The molecule has 1 rings (SSSR count). The first-order chi connectivity index (χ1) is 5.99. The molecule has 72 valence electrons. The molecule has 0 aromatic carbocycles. The average molecular weight is 191 g/mol. The van der Waals surface area contributed by atoms with Crippen LogP contribution in [0, 0.1) is 6.92 Å². The smallest absolute Gasteiger partial charge is 0.422 e.